The van der Waals surface area contributed by atoms with Crippen molar-refractivity contribution in [3.05, 3.63) is 87.4 Å². The third-order valence-electron chi connectivity index (χ3n) is 4.32. The zero-order valence-electron chi connectivity index (χ0n) is 16.7. The number of benzene rings is 3. The molecule has 3 aromatic carbocycles. The molecule has 0 aliphatic heterocycles. The Labute approximate surface area is 179 Å². The van der Waals surface area contributed by atoms with Gasteiger partial charge in [-0.25, -0.2) is 0 Å². The molecule has 148 valence electrons. The molecule has 0 atom stereocenters. The van der Waals surface area contributed by atoms with Gasteiger partial charge in [0.15, 0.2) is 6.61 Å². The summed E-state index contributed by atoms with van der Waals surface area (Å²) in [7, 11) is 0. The molecule has 0 aliphatic carbocycles. The van der Waals surface area contributed by atoms with E-state index in [0.717, 1.165) is 32.5 Å². The number of hydrogen-bond acceptors (Lipinski definition) is 3. The molecule has 29 heavy (non-hydrogen) atoms. The minimum atomic E-state index is -0.206. The molecule has 0 radical (unpaired) electrons. The van der Waals surface area contributed by atoms with Crippen LogP contribution in [0.4, 0.5) is 11.4 Å². The summed E-state index contributed by atoms with van der Waals surface area (Å²) in [5.41, 5.74) is 6.09. The first-order valence-corrected chi connectivity index (χ1v) is 10.1. The zero-order valence-corrected chi connectivity index (χ0v) is 18.3. The monoisotopic (exact) mass is 450 g/mol. The average Bonchev–Trinajstić information content (AvgIpc) is 2.66. The van der Waals surface area contributed by atoms with Crippen LogP contribution in [0.5, 0.6) is 5.75 Å². The standard InChI is InChI=1S/C24H23BrN2O2/c1-16-5-4-6-20(12-16)27-24(28)15-29-23-10-8-19(13-21(23)25)14-26-22-9-7-17(2)11-18(22)3/h4-14H,15H2,1-3H3,(H,27,28). The van der Waals surface area contributed by atoms with E-state index in [2.05, 4.69) is 39.2 Å². The van der Waals surface area contributed by atoms with Crippen LogP contribution >= 0.6 is 15.9 Å². The van der Waals surface area contributed by atoms with E-state index < -0.39 is 0 Å². The Hall–Kier alpha value is -2.92. The molecule has 0 bridgehead atoms. The number of aliphatic imine (C=N–C) groups is 1. The van der Waals surface area contributed by atoms with E-state index in [0.29, 0.717) is 5.75 Å². The number of hydrogen-bond donors (Lipinski definition) is 1. The van der Waals surface area contributed by atoms with Crippen molar-refractivity contribution >= 4 is 39.4 Å². The summed E-state index contributed by atoms with van der Waals surface area (Å²) in [6.45, 7) is 6.03. The Morgan fingerprint density at radius 2 is 1.83 bits per heavy atom. The quantitative estimate of drug-likeness (QED) is 0.458. The van der Waals surface area contributed by atoms with Gasteiger partial charge < -0.3 is 10.1 Å². The molecule has 4 nitrogen and oxygen atoms in total. The summed E-state index contributed by atoms with van der Waals surface area (Å²) in [6, 6.07) is 19.5. The van der Waals surface area contributed by atoms with E-state index in [1.165, 1.54) is 5.56 Å². The average molecular weight is 451 g/mol. The van der Waals surface area contributed by atoms with Gasteiger partial charge in [-0.1, -0.05) is 29.8 Å². The van der Waals surface area contributed by atoms with Gasteiger partial charge in [0.1, 0.15) is 5.75 Å². The van der Waals surface area contributed by atoms with Crippen LogP contribution in [0.25, 0.3) is 0 Å². The summed E-state index contributed by atoms with van der Waals surface area (Å²) in [5.74, 6) is 0.399. The number of rotatable bonds is 6. The highest BCUT2D eigenvalue weighted by molar-refractivity contribution is 9.10. The predicted octanol–water partition coefficient (Wildman–Crippen LogP) is 6.14. The van der Waals surface area contributed by atoms with E-state index >= 15 is 0 Å². The highest BCUT2D eigenvalue weighted by Crippen LogP contribution is 2.26. The fourth-order valence-corrected chi connectivity index (χ4v) is 3.38. The van der Waals surface area contributed by atoms with Crippen LogP contribution in [-0.2, 0) is 4.79 Å². The van der Waals surface area contributed by atoms with E-state index in [1.807, 2.05) is 74.7 Å². The van der Waals surface area contributed by atoms with Crippen LogP contribution in [0.15, 0.2) is 70.1 Å². The number of ether oxygens (including phenoxy) is 1. The van der Waals surface area contributed by atoms with Crippen LogP contribution in [0.2, 0.25) is 0 Å². The van der Waals surface area contributed by atoms with Gasteiger partial charge in [0.25, 0.3) is 5.91 Å². The lowest BCUT2D eigenvalue weighted by Crippen LogP contribution is -2.20. The maximum atomic E-state index is 12.1. The van der Waals surface area contributed by atoms with Crippen LogP contribution in [0, 0.1) is 20.8 Å². The van der Waals surface area contributed by atoms with Gasteiger partial charge in [-0.2, -0.15) is 0 Å². The number of carbonyl (C=O) groups excluding carboxylic acids is 1. The smallest absolute Gasteiger partial charge is 0.262 e. The van der Waals surface area contributed by atoms with Crippen LogP contribution < -0.4 is 10.1 Å². The Morgan fingerprint density at radius 3 is 2.55 bits per heavy atom. The Balaban J connectivity index is 1.60. The first kappa shape index (κ1) is 20.8. The maximum Gasteiger partial charge on any atom is 0.262 e. The van der Waals surface area contributed by atoms with Crippen molar-refractivity contribution in [1.82, 2.24) is 0 Å². The highest BCUT2D eigenvalue weighted by Gasteiger charge is 2.07. The number of aryl methyl sites for hydroxylation is 3. The molecule has 0 unspecified atom stereocenters. The third kappa shape index (κ3) is 6.03. The lowest BCUT2D eigenvalue weighted by Gasteiger charge is -2.10. The number of nitrogens with zero attached hydrogens (tertiary/aromatic N) is 1. The summed E-state index contributed by atoms with van der Waals surface area (Å²) >= 11 is 3.51. The van der Waals surface area contributed by atoms with Gasteiger partial charge in [-0.15, -0.1) is 0 Å². The van der Waals surface area contributed by atoms with Gasteiger partial charge in [0, 0.05) is 11.9 Å². The molecule has 0 aromatic heterocycles. The van der Waals surface area contributed by atoms with Crippen molar-refractivity contribution in [2.24, 2.45) is 4.99 Å². The summed E-state index contributed by atoms with van der Waals surface area (Å²) < 4.78 is 6.42. The Morgan fingerprint density at radius 1 is 1.03 bits per heavy atom. The van der Waals surface area contributed by atoms with Crippen molar-refractivity contribution in [3.63, 3.8) is 0 Å². The first-order chi connectivity index (χ1) is 13.9. The second-order valence-electron chi connectivity index (χ2n) is 6.94. The topological polar surface area (TPSA) is 50.7 Å². The van der Waals surface area contributed by atoms with E-state index in [4.69, 9.17) is 4.74 Å². The number of carbonyl (C=O) groups is 1. The van der Waals surface area contributed by atoms with Crippen molar-refractivity contribution in [1.29, 1.82) is 0 Å². The molecule has 0 aliphatic rings. The van der Waals surface area contributed by atoms with Gasteiger partial charge in [0.05, 0.1) is 10.2 Å². The normalized spacial score (nSPS) is 10.9. The molecule has 3 rings (SSSR count). The number of nitrogens with one attached hydrogen (secondary N) is 1. The molecule has 0 saturated carbocycles. The van der Waals surface area contributed by atoms with Gasteiger partial charge in [-0.05, 0) is 89.8 Å². The molecule has 5 heteroatoms. The van der Waals surface area contributed by atoms with E-state index in [9.17, 15) is 4.79 Å². The van der Waals surface area contributed by atoms with Crippen molar-refractivity contribution in [3.8, 4) is 5.75 Å². The van der Waals surface area contributed by atoms with Gasteiger partial charge in [0.2, 0.25) is 0 Å². The molecule has 0 fully saturated rings. The first-order valence-electron chi connectivity index (χ1n) is 9.31. The molecular weight excluding hydrogens is 428 g/mol. The second-order valence-corrected chi connectivity index (χ2v) is 7.80. The fourth-order valence-electron chi connectivity index (χ4n) is 2.87. The van der Waals surface area contributed by atoms with Crippen molar-refractivity contribution in [2.75, 3.05) is 11.9 Å². The Bertz CT molecular complexity index is 1060. The Kier molecular flexibility index (Phi) is 6.83. The minimum Gasteiger partial charge on any atom is -0.483 e. The molecule has 1 amide bonds. The number of anilines is 1. The number of halogens is 1. The summed E-state index contributed by atoms with van der Waals surface area (Å²) in [4.78, 5) is 16.7. The fraction of sp³-hybridized carbons (Fsp3) is 0.167. The molecule has 0 saturated heterocycles. The molecule has 0 heterocycles. The van der Waals surface area contributed by atoms with E-state index in [1.54, 1.807) is 0 Å². The van der Waals surface area contributed by atoms with Gasteiger partial charge in [-0.3, -0.25) is 9.79 Å². The second kappa shape index (κ2) is 9.52. The van der Waals surface area contributed by atoms with Gasteiger partial charge >= 0.3 is 0 Å². The predicted molar refractivity (Wildman–Crippen MR) is 123 cm³/mol. The maximum absolute atomic E-state index is 12.1. The lowest BCUT2D eigenvalue weighted by atomic mass is 10.1. The lowest BCUT2D eigenvalue weighted by molar-refractivity contribution is -0.118. The molecule has 1 N–H and O–H groups in total. The zero-order chi connectivity index (χ0) is 20.8. The summed E-state index contributed by atoms with van der Waals surface area (Å²) in [5, 5.41) is 2.83. The SMILES string of the molecule is Cc1cccc(NC(=O)COc2ccc(C=Nc3ccc(C)cc3C)cc2Br)c1. The largest absolute Gasteiger partial charge is 0.483 e. The van der Waals surface area contributed by atoms with Crippen molar-refractivity contribution < 1.29 is 9.53 Å². The molecule has 3 aromatic rings. The number of amides is 1. The molecule has 0 spiro atoms. The van der Waals surface area contributed by atoms with Crippen molar-refractivity contribution in [2.45, 2.75) is 20.8 Å². The molecular formula is C24H23BrN2O2. The van der Waals surface area contributed by atoms with Crippen LogP contribution in [0.1, 0.15) is 22.3 Å². The third-order valence-corrected chi connectivity index (χ3v) is 4.94. The van der Waals surface area contributed by atoms with E-state index in [-0.39, 0.29) is 12.5 Å². The minimum absolute atomic E-state index is 0.0669. The highest BCUT2D eigenvalue weighted by atomic mass is 79.9. The summed E-state index contributed by atoms with van der Waals surface area (Å²) in [6.07, 6.45) is 1.82. The van der Waals surface area contributed by atoms with Crippen LogP contribution in [0.3, 0.4) is 0 Å². The van der Waals surface area contributed by atoms with Crippen LogP contribution in [-0.4, -0.2) is 18.7 Å².